The topological polar surface area (TPSA) is 110 Å². The average molecular weight is 310 g/mol. The van der Waals surface area contributed by atoms with E-state index in [2.05, 4.69) is 9.71 Å². The molecule has 0 bridgehead atoms. The summed E-state index contributed by atoms with van der Waals surface area (Å²) in [5.41, 5.74) is 0.178. The third kappa shape index (κ3) is 3.11. The van der Waals surface area contributed by atoms with Gasteiger partial charge in [0.2, 0.25) is 10.0 Å². The van der Waals surface area contributed by atoms with E-state index < -0.39 is 16.0 Å². The molecule has 0 saturated carbocycles. The molecule has 7 nitrogen and oxygen atoms in total. The van der Waals surface area contributed by atoms with E-state index in [0.29, 0.717) is 5.69 Å². The van der Waals surface area contributed by atoms with E-state index >= 15 is 0 Å². The summed E-state index contributed by atoms with van der Waals surface area (Å²) in [5.74, 6) is -1.25. The second-order valence-electron chi connectivity index (χ2n) is 4.37. The van der Waals surface area contributed by atoms with Crippen molar-refractivity contribution in [1.29, 1.82) is 0 Å². The van der Waals surface area contributed by atoms with Crippen LogP contribution >= 0.6 is 0 Å². The molecule has 0 aliphatic heterocycles. The van der Waals surface area contributed by atoms with Gasteiger partial charge in [-0.1, -0.05) is 6.07 Å². The maximum atomic E-state index is 12.3. The van der Waals surface area contributed by atoms with Crippen molar-refractivity contribution in [2.45, 2.75) is 25.3 Å². The van der Waals surface area contributed by atoms with E-state index in [1.807, 2.05) is 0 Å². The summed E-state index contributed by atoms with van der Waals surface area (Å²) in [6.45, 7) is 2.79. The SMILES string of the molecule is Cc1oc(C)c(S(=O)(=O)NCc2ccccn2)c1C(=O)O. The Hall–Kier alpha value is -2.19. The lowest BCUT2D eigenvalue weighted by Crippen LogP contribution is -2.25. The molecular weight excluding hydrogens is 296 g/mol. The minimum absolute atomic E-state index is 0.0358. The zero-order valence-corrected chi connectivity index (χ0v) is 12.3. The van der Waals surface area contributed by atoms with Gasteiger partial charge in [0.1, 0.15) is 22.0 Å². The van der Waals surface area contributed by atoms with Gasteiger partial charge in [-0.05, 0) is 26.0 Å². The highest BCUT2D eigenvalue weighted by atomic mass is 32.2. The number of sulfonamides is 1. The van der Waals surface area contributed by atoms with E-state index in [0.717, 1.165) is 0 Å². The smallest absolute Gasteiger partial charge is 0.340 e. The molecule has 0 aliphatic carbocycles. The molecule has 0 radical (unpaired) electrons. The minimum atomic E-state index is -4.01. The highest BCUT2D eigenvalue weighted by Gasteiger charge is 2.30. The predicted molar refractivity (Wildman–Crippen MR) is 73.4 cm³/mol. The van der Waals surface area contributed by atoms with Crippen molar-refractivity contribution in [3.05, 3.63) is 47.2 Å². The average Bonchev–Trinajstić information content (AvgIpc) is 2.73. The van der Waals surface area contributed by atoms with Gasteiger partial charge in [0.15, 0.2) is 0 Å². The van der Waals surface area contributed by atoms with Crippen molar-refractivity contribution < 1.29 is 22.7 Å². The van der Waals surface area contributed by atoms with Crippen LogP contribution in [0.4, 0.5) is 0 Å². The summed E-state index contributed by atoms with van der Waals surface area (Å²) in [6, 6.07) is 5.10. The molecule has 2 rings (SSSR count). The van der Waals surface area contributed by atoms with Gasteiger partial charge in [0.25, 0.3) is 0 Å². The van der Waals surface area contributed by atoms with Crippen LogP contribution in [0.5, 0.6) is 0 Å². The first-order chi connectivity index (χ1) is 9.83. The minimum Gasteiger partial charge on any atom is -0.478 e. The van der Waals surface area contributed by atoms with Crippen molar-refractivity contribution in [2.75, 3.05) is 0 Å². The van der Waals surface area contributed by atoms with Crippen LogP contribution < -0.4 is 4.72 Å². The molecule has 0 spiro atoms. The lowest BCUT2D eigenvalue weighted by molar-refractivity contribution is 0.0691. The summed E-state index contributed by atoms with van der Waals surface area (Å²) in [5, 5.41) is 9.14. The molecule has 0 saturated heterocycles. The molecule has 2 N–H and O–H groups in total. The van der Waals surface area contributed by atoms with Gasteiger partial charge >= 0.3 is 5.97 Å². The lowest BCUT2D eigenvalue weighted by atomic mass is 10.2. The molecule has 0 fully saturated rings. The van der Waals surface area contributed by atoms with Gasteiger partial charge in [-0.3, -0.25) is 4.98 Å². The van der Waals surface area contributed by atoms with Crippen molar-refractivity contribution in [2.24, 2.45) is 0 Å². The van der Waals surface area contributed by atoms with Crippen LogP contribution in [0.25, 0.3) is 0 Å². The third-order valence-electron chi connectivity index (χ3n) is 2.86. The standard InChI is InChI=1S/C13H14N2O5S/c1-8-11(13(16)17)12(9(2)20-8)21(18,19)15-7-10-5-3-4-6-14-10/h3-6,15H,7H2,1-2H3,(H,16,17). The summed E-state index contributed by atoms with van der Waals surface area (Å²) >= 11 is 0. The van der Waals surface area contributed by atoms with Gasteiger partial charge in [-0.25, -0.2) is 17.9 Å². The van der Waals surface area contributed by atoms with Crippen molar-refractivity contribution in [3.8, 4) is 0 Å². The molecule has 2 aromatic heterocycles. The molecular formula is C13H14N2O5S. The highest BCUT2D eigenvalue weighted by Crippen LogP contribution is 2.26. The van der Waals surface area contributed by atoms with Crippen LogP contribution in [0.15, 0.2) is 33.7 Å². The second kappa shape index (κ2) is 5.66. The number of hydrogen-bond acceptors (Lipinski definition) is 5. The molecule has 0 amide bonds. The summed E-state index contributed by atoms with van der Waals surface area (Å²) in [4.78, 5) is 14.9. The monoisotopic (exact) mass is 310 g/mol. The van der Waals surface area contributed by atoms with Gasteiger partial charge in [0, 0.05) is 6.20 Å². The highest BCUT2D eigenvalue weighted by molar-refractivity contribution is 7.89. The van der Waals surface area contributed by atoms with E-state index in [4.69, 9.17) is 9.52 Å². The second-order valence-corrected chi connectivity index (χ2v) is 6.07. The molecule has 0 unspecified atom stereocenters. The van der Waals surface area contributed by atoms with Crippen LogP contribution in [0.2, 0.25) is 0 Å². The van der Waals surface area contributed by atoms with Gasteiger partial charge < -0.3 is 9.52 Å². The summed E-state index contributed by atoms with van der Waals surface area (Å²) in [6.07, 6.45) is 1.54. The predicted octanol–water partition coefficient (Wildman–Crippen LogP) is 1.47. The van der Waals surface area contributed by atoms with E-state index in [9.17, 15) is 13.2 Å². The van der Waals surface area contributed by atoms with Gasteiger partial charge in [-0.2, -0.15) is 0 Å². The number of carboxylic acids is 1. The fourth-order valence-corrected chi connectivity index (χ4v) is 3.38. The van der Waals surface area contributed by atoms with Crippen LogP contribution in [0.3, 0.4) is 0 Å². The number of aryl methyl sites for hydroxylation is 2. The molecule has 2 heterocycles. The molecule has 112 valence electrons. The van der Waals surface area contributed by atoms with Gasteiger partial charge in [0.05, 0.1) is 12.2 Å². The fraction of sp³-hybridized carbons (Fsp3) is 0.231. The van der Waals surface area contributed by atoms with Crippen molar-refractivity contribution in [1.82, 2.24) is 9.71 Å². The first-order valence-electron chi connectivity index (χ1n) is 6.06. The van der Waals surface area contributed by atoms with Crippen molar-refractivity contribution in [3.63, 3.8) is 0 Å². The first-order valence-corrected chi connectivity index (χ1v) is 7.54. The molecule has 0 atom stereocenters. The lowest BCUT2D eigenvalue weighted by Gasteiger charge is -2.06. The molecule has 2 aromatic rings. The number of furan rings is 1. The maximum Gasteiger partial charge on any atom is 0.340 e. The van der Waals surface area contributed by atoms with Gasteiger partial charge in [-0.15, -0.1) is 0 Å². The number of hydrogen-bond donors (Lipinski definition) is 2. The number of carboxylic acid groups (broad SMARTS) is 1. The summed E-state index contributed by atoms with van der Waals surface area (Å²) < 4.78 is 32.1. The van der Waals surface area contributed by atoms with Crippen molar-refractivity contribution >= 4 is 16.0 Å². The molecule has 0 aromatic carbocycles. The summed E-state index contributed by atoms with van der Waals surface area (Å²) in [7, 11) is -4.01. The number of aromatic carboxylic acids is 1. The van der Waals surface area contributed by atoms with Crippen LogP contribution in [0, 0.1) is 13.8 Å². The Bertz CT molecular complexity index is 765. The number of rotatable bonds is 5. The Morgan fingerprint density at radius 2 is 2.05 bits per heavy atom. The normalized spacial score (nSPS) is 11.5. The van der Waals surface area contributed by atoms with E-state index in [1.54, 1.807) is 24.4 Å². The number of carbonyl (C=O) groups is 1. The molecule has 21 heavy (non-hydrogen) atoms. The third-order valence-corrected chi connectivity index (χ3v) is 4.41. The quantitative estimate of drug-likeness (QED) is 0.865. The van der Waals surface area contributed by atoms with E-state index in [1.165, 1.54) is 13.8 Å². The number of nitrogens with zero attached hydrogens (tertiary/aromatic N) is 1. The maximum absolute atomic E-state index is 12.3. The fourth-order valence-electron chi connectivity index (χ4n) is 1.98. The van der Waals surface area contributed by atoms with E-state index in [-0.39, 0.29) is 28.5 Å². The molecule has 0 aliphatic rings. The largest absolute Gasteiger partial charge is 0.478 e. The Balaban J connectivity index is 2.34. The first kappa shape index (κ1) is 15.2. The number of pyridine rings is 1. The zero-order chi connectivity index (χ0) is 15.6. The van der Waals surface area contributed by atoms with Crippen LogP contribution in [-0.2, 0) is 16.6 Å². The van der Waals surface area contributed by atoms with Crippen LogP contribution in [0.1, 0.15) is 27.6 Å². The Morgan fingerprint density at radius 3 is 2.62 bits per heavy atom. The Kier molecular flexibility index (Phi) is 4.10. The molecule has 8 heteroatoms. The number of aromatic nitrogens is 1. The van der Waals surface area contributed by atoms with Crippen LogP contribution in [-0.4, -0.2) is 24.5 Å². The number of nitrogens with one attached hydrogen (secondary N) is 1. The zero-order valence-electron chi connectivity index (χ0n) is 11.5. The Morgan fingerprint density at radius 1 is 1.33 bits per heavy atom. The Labute approximate surface area is 121 Å².